The minimum absolute atomic E-state index is 0.646. The van der Waals surface area contributed by atoms with E-state index in [-0.39, 0.29) is 0 Å². The molecule has 1 aliphatic rings. The molecule has 2 aromatic heterocycles. The Morgan fingerprint density at radius 2 is 2.40 bits per heavy atom. The Kier molecular flexibility index (Phi) is 1.83. The molecule has 2 heterocycles. The first kappa shape index (κ1) is 8.92. The van der Waals surface area contributed by atoms with Gasteiger partial charge in [-0.3, -0.25) is 0 Å². The lowest BCUT2D eigenvalue weighted by Gasteiger charge is -2.03. The molecule has 3 nitrogen and oxygen atoms in total. The number of pyridine rings is 1. The van der Waals surface area contributed by atoms with E-state index in [0.29, 0.717) is 11.8 Å². The lowest BCUT2D eigenvalue weighted by atomic mass is 10.2. The topological polar surface area (TPSA) is 43.3 Å². The van der Waals surface area contributed by atoms with Gasteiger partial charge in [0.15, 0.2) is 0 Å². The van der Waals surface area contributed by atoms with E-state index >= 15 is 0 Å². The first-order valence-corrected chi connectivity index (χ1v) is 5.44. The molecule has 1 fully saturated rings. The molecule has 0 amide bonds. The Morgan fingerprint density at radius 3 is 3.13 bits per heavy atom. The first-order valence-electron chi connectivity index (χ1n) is 5.44. The molecule has 15 heavy (non-hydrogen) atoms. The molecule has 2 N–H and O–H groups in total. The molecular weight excluding hydrogens is 186 g/mol. The highest BCUT2D eigenvalue weighted by atomic mass is 15.0. The fourth-order valence-corrected chi connectivity index (χ4v) is 2.33. The Morgan fingerprint density at radius 1 is 1.53 bits per heavy atom. The number of fused-ring (bicyclic) bond motifs is 1. The van der Waals surface area contributed by atoms with Crippen molar-refractivity contribution in [1.82, 2.24) is 9.38 Å². The van der Waals surface area contributed by atoms with E-state index in [1.54, 1.807) is 0 Å². The molecule has 0 saturated heterocycles. The number of nitrogens with zero attached hydrogens (tertiary/aromatic N) is 2. The van der Waals surface area contributed by atoms with Crippen LogP contribution in [-0.4, -0.2) is 15.9 Å². The lowest BCUT2D eigenvalue weighted by Crippen LogP contribution is -2.03. The highest BCUT2D eigenvalue weighted by Gasteiger charge is 2.38. The van der Waals surface area contributed by atoms with Gasteiger partial charge in [0.1, 0.15) is 5.65 Å². The number of aryl methyl sites for hydroxylation is 1. The van der Waals surface area contributed by atoms with E-state index in [4.69, 9.17) is 5.73 Å². The third-order valence-corrected chi connectivity index (χ3v) is 3.25. The molecule has 2 atom stereocenters. The predicted molar refractivity (Wildman–Crippen MR) is 59.8 cm³/mol. The summed E-state index contributed by atoms with van der Waals surface area (Å²) in [4.78, 5) is 4.47. The number of hydrogen-bond donors (Lipinski definition) is 1. The Labute approximate surface area is 88.9 Å². The molecular formula is C12H15N3. The van der Waals surface area contributed by atoms with Gasteiger partial charge in [-0.25, -0.2) is 4.98 Å². The van der Waals surface area contributed by atoms with Gasteiger partial charge in [-0.05, 0) is 37.9 Å². The lowest BCUT2D eigenvalue weighted by molar-refractivity contribution is 0.789. The van der Waals surface area contributed by atoms with Crippen LogP contribution in [0.3, 0.4) is 0 Å². The molecule has 1 saturated carbocycles. The van der Waals surface area contributed by atoms with E-state index < -0.39 is 0 Å². The Bertz CT molecular complexity index is 501. The van der Waals surface area contributed by atoms with Crippen LogP contribution in [0.1, 0.15) is 23.7 Å². The number of aromatic nitrogens is 2. The molecule has 1 aliphatic carbocycles. The number of nitrogens with two attached hydrogens (primary N) is 1. The van der Waals surface area contributed by atoms with Gasteiger partial charge in [-0.1, -0.05) is 6.07 Å². The summed E-state index contributed by atoms with van der Waals surface area (Å²) in [6.45, 7) is 2.83. The van der Waals surface area contributed by atoms with Gasteiger partial charge in [0.2, 0.25) is 0 Å². The summed E-state index contributed by atoms with van der Waals surface area (Å²) < 4.78 is 2.20. The Balaban J connectivity index is 2.10. The highest BCUT2D eigenvalue weighted by Crippen LogP contribution is 2.46. The van der Waals surface area contributed by atoms with Crippen LogP contribution in [0.4, 0.5) is 0 Å². The molecule has 0 spiro atoms. The molecule has 0 aromatic carbocycles. The minimum Gasteiger partial charge on any atom is -0.330 e. The Hall–Kier alpha value is -1.35. The van der Waals surface area contributed by atoms with Crippen LogP contribution in [0.2, 0.25) is 0 Å². The van der Waals surface area contributed by atoms with Crippen LogP contribution in [0.25, 0.3) is 5.65 Å². The van der Waals surface area contributed by atoms with Gasteiger partial charge >= 0.3 is 0 Å². The third kappa shape index (κ3) is 1.35. The second-order valence-corrected chi connectivity index (χ2v) is 4.40. The van der Waals surface area contributed by atoms with Crippen molar-refractivity contribution < 1.29 is 0 Å². The van der Waals surface area contributed by atoms with Crippen LogP contribution < -0.4 is 5.73 Å². The summed E-state index contributed by atoms with van der Waals surface area (Å²) in [6, 6.07) is 6.33. The van der Waals surface area contributed by atoms with Crippen molar-refractivity contribution in [3.05, 3.63) is 35.8 Å². The first-order chi connectivity index (χ1) is 7.29. The molecule has 78 valence electrons. The van der Waals surface area contributed by atoms with Gasteiger partial charge in [-0.15, -0.1) is 0 Å². The van der Waals surface area contributed by atoms with Crippen LogP contribution in [0.5, 0.6) is 0 Å². The van der Waals surface area contributed by atoms with Crippen LogP contribution in [-0.2, 0) is 0 Å². The van der Waals surface area contributed by atoms with Gasteiger partial charge in [-0.2, -0.15) is 0 Å². The number of hydrogen-bond acceptors (Lipinski definition) is 2. The smallest absolute Gasteiger partial charge is 0.137 e. The maximum atomic E-state index is 5.69. The minimum atomic E-state index is 0.646. The van der Waals surface area contributed by atoms with E-state index in [1.165, 1.54) is 12.1 Å². The van der Waals surface area contributed by atoms with Crippen molar-refractivity contribution in [3.63, 3.8) is 0 Å². The molecule has 0 bridgehead atoms. The maximum Gasteiger partial charge on any atom is 0.137 e. The SMILES string of the molecule is Cc1cn2c(C3CC3CN)cccc2n1. The van der Waals surface area contributed by atoms with Crippen molar-refractivity contribution in [2.45, 2.75) is 19.3 Å². The normalized spacial score (nSPS) is 24.7. The third-order valence-electron chi connectivity index (χ3n) is 3.25. The summed E-state index contributed by atoms with van der Waals surface area (Å²) in [5, 5.41) is 0. The fraction of sp³-hybridized carbons (Fsp3) is 0.417. The molecule has 0 aliphatic heterocycles. The largest absolute Gasteiger partial charge is 0.330 e. The number of rotatable bonds is 2. The van der Waals surface area contributed by atoms with E-state index in [9.17, 15) is 0 Å². The van der Waals surface area contributed by atoms with Crippen molar-refractivity contribution in [3.8, 4) is 0 Å². The van der Waals surface area contributed by atoms with E-state index in [2.05, 4.69) is 33.8 Å². The van der Waals surface area contributed by atoms with Crippen LogP contribution >= 0.6 is 0 Å². The standard InChI is InChI=1S/C12H15N3/c1-8-7-15-11(10-5-9(10)6-13)3-2-4-12(15)14-8/h2-4,7,9-10H,5-6,13H2,1H3. The highest BCUT2D eigenvalue weighted by molar-refractivity contribution is 5.43. The zero-order chi connectivity index (χ0) is 10.4. The summed E-state index contributed by atoms with van der Waals surface area (Å²) in [5.41, 5.74) is 9.18. The molecule has 2 unspecified atom stereocenters. The van der Waals surface area contributed by atoms with Crippen molar-refractivity contribution in [1.29, 1.82) is 0 Å². The second-order valence-electron chi connectivity index (χ2n) is 4.40. The molecule has 3 rings (SSSR count). The van der Waals surface area contributed by atoms with Gasteiger partial charge in [0.25, 0.3) is 0 Å². The van der Waals surface area contributed by atoms with Gasteiger partial charge in [0, 0.05) is 17.8 Å². The predicted octanol–water partition coefficient (Wildman–Crippen LogP) is 1.70. The summed E-state index contributed by atoms with van der Waals surface area (Å²) in [7, 11) is 0. The zero-order valence-electron chi connectivity index (χ0n) is 8.85. The van der Waals surface area contributed by atoms with Crippen molar-refractivity contribution in [2.75, 3.05) is 6.54 Å². The summed E-state index contributed by atoms with van der Waals surface area (Å²) in [5.74, 6) is 1.32. The summed E-state index contributed by atoms with van der Waals surface area (Å²) >= 11 is 0. The maximum absolute atomic E-state index is 5.69. The zero-order valence-corrected chi connectivity index (χ0v) is 8.85. The number of imidazole rings is 1. The summed E-state index contributed by atoms with van der Waals surface area (Å²) in [6.07, 6.45) is 3.34. The molecule has 2 aromatic rings. The van der Waals surface area contributed by atoms with Crippen molar-refractivity contribution in [2.24, 2.45) is 11.7 Å². The fourth-order valence-electron chi connectivity index (χ4n) is 2.33. The molecule has 3 heteroatoms. The monoisotopic (exact) mass is 201 g/mol. The molecule has 0 radical (unpaired) electrons. The van der Waals surface area contributed by atoms with E-state index in [0.717, 1.165) is 17.9 Å². The van der Waals surface area contributed by atoms with Crippen LogP contribution in [0.15, 0.2) is 24.4 Å². The van der Waals surface area contributed by atoms with Gasteiger partial charge in [0.05, 0.1) is 5.69 Å². The van der Waals surface area contributed by atoms with Crippen LogP contribution in [0, 0.1) is 12.8 Å². The quantitative estimate of drug-likeness (QED) is 0.803. The van der Waals surface area contributed by atoms with E-state index in [1.807, 2.05) is 6.92 Å². The second kappa shape index (κ2) is 3.07. The average Bonchev–Trinajstić information content (AvgIpc) is 2.91. The average molecular weight is 201 g/mol. The van der Waals surface area contributed by atoms with Crippen molar-refractivity contribution >= 4 is 5.65 Å². The van der Waals surface area contributed by atoms with Gasteiger partial charge < -0.3 is 10.1 Å².